The van der Waals surface area contributed by atoms with Gasteiger partial charge in [0, 0.05) is 23.8 Å². The number of halogens is 1. The van der Waals surface area contributed by atoms with Crippen molar-refractivity contribution in [2.45, 2.75) is 19.5 Å². The minimum Gasteiger partial charge on any atom is -0.463 e. The number of amides is 2. The predicted octanol–water partition coefficient (Wildman–Crippen LogP) is 3.03. The fraction of sp³-hybridized carbons (Fsp3) is 0.273. The maximum Gasteiger partial charge on any atom is 0.338 e. The third-order valence-electron chi connectivity index (χ3n) is 4.95. The maximum absolute atomic E-state index is 12.8. The molecule has 0 aliphatic carbocycles. The minimum atomic E-state index is -0.695. The highest BCUT2D eigenvalue weighted by atomic mass is 35.5. The van der Waals surface area contributed by atoms with E-state index >= 15 is 0 Å². The summed E-state index contributed by atoms with van der Waals surface area (Å²) in [5, 5.41) is 9.42. The van der Waals surface area contributed by atoms with Crippen molar-refractivity contribution in [3.63, 3.8) is 0 Å². The Labute approximate surface area is 184 Å². The second-order valence-corrected chi connectivity index (χ2v) is 7.36. The SMILES string of the molecule is CCOC(=O)C1=C(CNCc2ccccc2Cl)NC(=O)NC1c1ccc2c(c1)OCO2. The Balaban J connectivity index is 1.62. The van der Waals surface area contributed by atoms with Crippen LogP contribution in [0.1, 0.15) is 24.1 Å². The van der Waals surface area contributed by atoms with Crippen LogP contribution in [0.4, 0.5) is 4.79 Å². The summed E-state index contributed by atoms with van der Waals surface area (Å²) >= 11 is 6.21. The van der Waals surface area contributed by atoms with Crippen LogP contribution in [0, 0.1) is 0 Å². The molecule has 31 heavy (non-hydrogen) atoms. The summed E-state index contributed by atoms with van der Waals surface area (Å²) in [6.45, 7) is 2.79. The van der Waals surface area contributed by atoms with E-state index in [0.29, 0.717) is 39.9 Å². The first-order chi connectivity index (χ1) is 15.1. The molecule has 9 heteroatoms. The Bertz CT molecular complexity index is 1040. The van der Waals surface area contributed by atoms with Crippen LogP contribution in [0.2, 0.25) is 5.02 Å². The highest BCUT2D eigenvalue weighted by Crippen LogP contribution is 2.37. The summed E-state index contributed by atoms with van der Waals surface area (Å²) in [7, 11) is 0. The molecule has 2 aliphatic heterocycles. The molecule has 0 radical (unpaired) electrons. The number of carbonyl (C=O) groups is 2. The number of urea groups is 1. The Morgan fingerprint density at radius 2 is 2.00 bits per heavy atom. The predicted molar refractivity (Wildman–Crippen MR) is 114 cm³/mol. The summed E-state index contributed by atoms with van der Waals surface area (Å²) < 4.78 is 16.1. The lowest BCUT2D eigenvalue weighted by Gasteiger charge is -2.29. The second-order valence-electron chi connectivity index (χ2n) is 6.95. The molecule has 1 atom stereocenters. The lowest BCUT2D eigenvalue weighted by atomic mass is 9.94. The van der Waals surface area contributed by atoms with E-state index < -0.39 is 18.0 Å². The molecule has 0 saturated heterocycles. The van der Waals surface area contributed by atoms with Crippen LogP contribution in [-0.4, -0.2) is 31.9 Å². The molecule has 0 aromatic heterocycles. The smallest absolute Gasteiger partial charge is 0.338 e. The van der Waals surface area contributed by atoms with Gasteiger partial charge in [-0.2, -0.15) is 0 Å². The average Bonchev–Trinajstić information content (AvgIpc) is 3.22. The van der Waals surface area contributed by atoms with Crippen LogP contribution in [-0.2, 0) is 16.1 Å². The van der Waals surface area contributed by atoms with Crippen molar-refractivity contribution in [3.05, 3.63) is 69.9 Å². The fourth-order valence-corrected chi connectivity index (χ4v) is 3.72. The first kappa shape index (κ1) is 21.0. The van der Waals surface area contributed by atoms with Crippen molar-refractivity contribution in [2.75, 3.05) is 19.9 Å². The molecule has 8 nitrogen and oxygen atoms in total. The van der Waals surface area contributed by atoms with Gasteiger partial charge in [-0.25, -0.2) is 9.59 Å². The van der Waals surface area contributed by atoms with E-state index in [1.165, 1.54) is 0 Å². The first-order valence-corrected chi connectivity index (χ1v) is 10.3. The number of esters is 1. The second kappa shape index (κ2) is 9.28. The Kier molecular flexibility index (Phi) is 6.29. The van der Waals surface area contributed by atoms with Gasteiger partial charge in [0.05, 0.1) is 18.2 Å². The van der Waals surface area contributed by atoms with Crippen LogP contribution in [0.5, 0.6) is 11.5 Å². The summed E-state index contributed by atoms with van der Waals surface area (Å²) in [6, 6.07) is 11.7. The molecular weight excluding hydrogens is 422 g/mol. The maximum atomic E-state index is 12.8. The van der Waals surface area contributed by atoms with Crippen LogP contribution in [0.25, 0.3) is 0 Å². The van der Waals surface area contributed by atoms with Crippen molar-refractivity contribution in [3.8, 4) is 11.5 Å². The zero-order chi connectivity index (χ0) is 21.8. The third-order valence-corrected chi connectivity index (χ3v) is 5.32. The molecule has 2 aromatic rings. The van der Waals surface area contributed by atoms with Gasteiger partial charge in [0.25, 0.3) is 0 Å². The van der Waals surface area contributed by atoms with Crippen molar-refractivity contribution in [1.82, 2.24) is 16.0 Å². The lowest BCUT2D eigenvalue weighted by molar-refractivity contribution is -0.139. The van der Waals surface area contributed by atoms with Gasteiger partial charge in [-0.1, -0.05) is 35.9 Å². The lowest BCUT2D eigenvalue weighted by Crippen LogP contribution is -2.48. The van der Waals surface area contributed by atoms with E-state index in [-0.39, 0.29) is 19.9 Å². The Morgan fingerprint density at radius 3 is 2.81 bits per heavy atom. The highest BCUT2D eigenvalue weighted by Gasteiger charge is 2.34. The van der Waals surface area contributed by atoms with Gasteiger partial charge < -0.3 is 30.2 Å². The van der Waals surface area contributed by atoms with Crippen molar-refractivity contribution >= 4 is 23.6 Å². The van der Waals surface area contributed by atoms with Crippen LogP contribution >= 0.6 is 11.6 Å². The van der Waals surface area contributed by atoms with Crippen LogP contribution in [0.15, 0.2) is 53.7 Å². The van der Waals surface area contributed by atoms with E-state index in [1.807, 2.05) is 24.3 Å². The monoisotopic (exact) mass is 443 g/mol. The molecule has 2 amide bonds. The van der Waals surface area contributed by atoms with E-state index in [4.69, 9.17) is 25.8 Å². The molecule has 0 fully saturated rings. The standard InChI is InChI=1S/C22H22ClN3O5/c1-2-29-21(27)19-16(11-24-10-14-5-3-4-6-15(14)23)25-22(28)26-20(19)13-7-8-17-18(9-13)31-12-30-17/h3-9,20,24H,2,10-12H2,1H3,(H2,25,26,28). The third kappa shape index (κ3) is 4.60. The van der Waals surface area contributed by atoms with Gasteiger partial charge in [-0.15, -0.1) is 0 Å². The van der Waals surface area contributed by atoms with E-state index in [0.717, 1.165) is 5.56 Å². The molecule has 3 N–H and O–H groups in total. The van der Waals surface area contributed by atoms with Gasteiger partial charge >= 0.3 is 12.0 Å². The molecule has 2 aliphatic rings. The number of nitrogens with one attached hydrogen (secondary N) is 3. The number of hydrogen-bond acceptors (Lipinski definition) is 6. The molecule has 0 saturated carbocycles. The van der Waals surface area contributed by atoms with E-state index in [2.05, 4.69) is 16.0 Å². The van der Waals surface area contributed by atoms with E-state index in [1.54, 1.807) is 25.1 Å². The van der Waals surface area contributed by atoms with Crippen molar-refractivity contribution in [1.29, 1.82) is 0 Å². The minimum absolute atomic E-state index is 0.134. The van der Waals surface area contributed by atoms with Gasteiger partial charge in [0.1, 0.15) is 0 Å². The first-order valence-electron chi connectivity index (χ1n) is 9.88. The van der Waals surface area contributed by atoms with E-state index in [9.17, 15) is 9.59 Å². The average molecular weight is 444 g/mol. The summed E-state index contributed by atoms with van der Waals surface area (Å²) in [6.07, 6.45) is 0. The number of hydrogen-bond donors (Lipinski definition) is 3. The number of rotatable bonds is 7. The highest BCUT2D eigenvalue weighted by molar-refractivity contribution is 6.31. The molecule has 1 unspecified atom stereocenters. The molecular formula is C22H22ClN3O5. The van der Waals surface area contributed by atoms with Crippen molar-refractivity contribution < 1.29 is 23.8 Å². The number of carbonyl (C=O) groups excluding carboxylic acids is 2. The fourth-order valence-electron chi connectivity index (χ4n) is 3.51. The molecule has 0 bridgehead atoms. The number of ether oxygens (including phenoxy) is 3. The Morgan fingerprint density at radius 1 is 1.19 bits per heavy atom. The van der Waals surface area contributed by atoms with Gasteiger partial charge in [-0.3, -0.25) is 0 Å². The molecule has 2 aromatic carbocycles. The summed E-state index contributed by atoms with van der Waals surface area (Å²) in [4.78, 5) is 25.2. The van der Waals surface area contributed by atoms with Gasteiger partial charge in [0.2, 0.25) is 6.79 Å². The zero-order valence-corrected chi connectivity index (χ0v) is 17.6. The number of benzene rings is 2. The quantitative estimate of drug-likeness (QED) is 0.569. The Hall–Kier alpha value is -3.23. The largest absolute Gasteiger partial charge is 0.463 e. The number of fused-ring (bicyclic) bond motifs is 1. The van der Waals surface area contributed by atoms with Crippen LogP contribution < -0.4 is 25.4 Å². The van der Waals surface area contributed by atoms with Crippen LogP contribution in [0.3, 0.4) is 0 Å². The topological polar surface area (TPSA) is 97.9 Å². The zero-order valence-electron chi connectivity index (χ0n) is 16.9. The molecule has 2 heterocycles. The molecule has 162 valence electrons. The summed E-state index contributed by atoms with van der Waals surface area (Å²) in [5.41, 5.74) is 2.37. The normalized spacial score (nSPS) is 17.2. The molecule has 0 spiro atoms. The van der Waals surface area contributed by atoms with Gasteiger partial charge in [-0.05, 0) is 36.2 Å². The van der Waals surface area contributed by atoms with Gasteiger partial charge in [0.15, 0.2) is 11.5 Å². The summed E-state index contributed by atoms with van der Waals surface area (Å²) in [5.74, 6) is 0.673. The molecule has 4 rings (SSSR count). The van der Waals surface area contributed by atoms with Crippen molar-refractivity contribution in [2.24, 2.45) is 0 Å².